The Morgan fingerprint density at radius 3 is 2.55 bits per heavy atom. The Kier molecular flexibility index (Phi) is 8.11. The first kappa shape index (κ1) is 23.0. The lowest BCUT2D eigenvalue weighted by molar-refractivity contribution is 0.194. The largest absolute Gasteiger partial charge is 0.470 e. The van der Waals surface area contributed by atoms with Gasteiger partial charge in [0.15, 0.2) is 0 Å². The van der Waals surface area contributed by atoms with E-state index >= 15 is 0 Å². The van der Waals surface area contributed by atoms with Gasteiger partial charge in [-0.05, 0) is 36.7 Å². The molecule has 0 bridgehead atoms. The van der Waals surface area contributed by atoms with Gasteiger partial charge in [0.1, 0.15) is 6.10 Å². The summed E-state index contributed by atoms with van der Waals surface area (Å²) in [6, 6.07) is 22.5. The molecule has 0 saturated heterocycles. The molecule has 0 amide bonds. The minimum atomic E-state index is 0.0664. The van der Waals surface area contributed by atoms with Gasteiger partial charge in [-0.3, -0.25) is 4.68 Å². The minimum absolute atomic E-state index is 0.0664. The highest BCUT2D eigenvalue weighted by molar-refractivity contribution is 9.10. The van der Waals surface area contributed by atoms with Crippen LogP contribution < -0.4 is 15.4 Å². The fraction of sp³-hybridized carbons (Fsp3) is 0.231. The highest BCUT2D eigenvalue weighted by Gasteiger charge is 2.20. The lowest BCUT2D eigenvalue weighted by Gasteiger charge is -2.27. The second-order valence-electron chi connectivity index (χ2n) is 7.84. The van der Waals surface area contributed by atoms with Crippen molar-refractivity contribution in [2.45, 2.75) is 12.5 Å². The van der Waals surface area contributed by atoms with E-state index in [0.717, 1.165) is 47.3 Å². The van der Waals surface area contributed by atoms with Crippen molar-refractivity contribution in [3.63, 3.8) is 0 Å². The van der Waals surface area contributed by atoms with Crippen molar-refractivity contribution in [3.8, 4) is 17.0 Å². The molecule has 170 valence electrons. The molecule has 1 unspecified atom stereocenters. The molecule has 5 rings (SSSR count). The van der Waals surface area contributed by atoms with Gasteiger partial charge < -0.3 is 15.4 Å². The molecule has 3 heterocycles. The number of ether oxygens (including phenoxy) is 1. The van der Waals surface area contributed by atoms with E-state index in [1.165, 1.54) is 5.56 Å². The third-order valence-corrected chi connectivity index (χ3v) is 5.70. The summed E-state index contributed by atoms with van der Waals surface area (Å²) < 4.78 is 8.94. The molecule has 1 aliphatic heterocycles. The summed E-state index contributed by atoms with van der Waals surface area (Å²) in [5.74, 6) is 0.660. The van der Waals surface area contributed by atoms with Crippen LogP contribution in [0.4, 0.5) is 5.69 Å². The Morgan fingerprint density at radius 2 is 1.85 bits per heavy atom. The number of nitrogens with zero attached hydrogens (tertiary/aromatic N) is 3. The second kappa shape index (κ2) is 11.6. The molecule has 1 aliphatic rings. The van der Waals surface area contributed by atoms with E-state index in [-0.39, 0.29) is 6.10 Å². The van der Waals surface area contributed by atoms with Crippen molar-refractivity contribution in [2.75, 3.05) is 25.0 Å². The van der Waals surface area contributed by atoms with E-state index in [0.29, 0.717) is 5.88 Å². The van der Waals surface area contributed by atoms with Crippen LogP contribution >= 0.6 is 15.9 Å². The normalized spacial score (nSPS) is 14.3. The number of halogens is 1. The van der Waals surface area contributed by atoms with Crippen LogP contribution in [-0.4, -0.2) is 40.5 Å². The molecule has 0 radical (unpaired) electrons. The van der Waals surface area contributed by atoms with Crippen LogP contribution in [-0.2, 0) is 13.5 Å². The Bertz CT molecular complexity index is 1120. The van der Waals surface area contributed by atoms with Crippen molar-refractivity contribution < 1.29 is 4.74 Å². The van der Waals surface area contributed by atoms with Gasteiger partial charge in [-0.2, -0.15) is 5.10 Å². The topological polar surface area (TPSA) is 64.0 Å². The highest BCUT2D eigenvalue weighted by Crippen LogP contribution is 2.30. The summed E-state index contributed by atoms with van der Waals surface area (Å²) in [5, 5.41) is 11.1. The van der Waals surface area contributed by atoms with Gasteiger partial charge >= 0.3 is 0 Å². The van der Waals surface area contributed by atoms with Crippen LogP contribution in [0.1, 0.15) is 5.56 Å². The van der Waals surface area contributed by atoms with Crippen LogP contribution in [0, 0.1) is 0 Å². The van der Waals surface area contributed by atoms with Gasteiger partial charge in [-0.15, -0.1) is 0 Å². The Morgan fingerprint density at radius 1 is 1.06 bits per heavy atom. The van der Waals surface area contributed by atoms with Gasteiger partial charge in [-0.1, -0.05) is 64.5 Å². The maximum absolute atomic E-state index is 6.03. The molecule has 6 nitrogen and oxygen atoms in total. The van der Waals surface area contributed by atoms with Crippen LogP contribution in [0.25, 0.3) is 11.1 Å². The Balaban J connectivity index is 0.000000376. The summed E-state index contributed by atoms with van der Waals surface area (Å²) in [5.41, 5.74) is 4.32. The zero-order valence-electron chi connectivity index (χ0n) is 18.6. The monoisotopic (exact) mass is 505 g/mol. The van der Waals surface area contributed by atoms with E-state index in [1.54, 1.807) is 4.68 Å². The van der Waals surface area contributed by atoms with Crippen molar-refractivity contribution in [1.29, 1.82) is 0 Å². The van der Waals surface area contributed by atoms with Crippen LogP contribution in [0.2, 0.25) is 0 Å². The number of benzene rings is 2. The molecule has 0 aliphatic carbocycles. The zero-order valence-corrected chi connectivity index (χ0v) is 20.2. The maximum Gasteiger partial charge on any atom is 0.237 e. The van der Waals surface area contributed by atoms with Crippen LogP contribution in [0.3, 0.4) is 0 Å². The van der Waals surface area contributed by atoms with E-state index < -0.39 is 0 Å². The molecule has 2 aromatic heterocycles. The number of rotatable bonds is 6. The summed E-state index contributed by atoms with van der Waals surface area (Å²) in [6.45, 7) is 2.46. The summed E-state index contributed by atoms with van der Waals surface area (Å²) in [4.78, 5) is 4.49. The van der Waals surface area contributed by atoms with Crippen LogP contribution in [0.5, 0.6) is 5.88 Å². The molecule has 4 aromatic rings. The number of hydrogen-bond acceptors (Lipinski definition) is 5. The quantitative estimate of drug-likeness (QED) is 0.363. The first-order valence-electron chi connectivity index (χ1n) is 11.0. The molecule has 2 N–H and O–H groups in total. The number of nitrogens with one attached hydrogen (secondary N) is 2. The van der Waals surface area contributed by atoms with Crippen molar-refractivity contribution in [1.82, 2.24) is 20.1 Å². The Hall–Kier alpha value is -3.16. The van der Waals surface area contributed by atoms with Gasteiger partial charge in [0.05, 0.1) is 18.4 Å². The molecule has 1 atom stereocenters. The first-order chi connectivity index (χ1) is 16.2. The zero-order chi connectivity index (χ0) is 22.9. The third kappa shape index (κ3) is 6.91. The SMILES string of the molecule is Cn1cc(-c2cnc3c(c2)NCC(CNCCc2cccc(Br)c2)O3)cn1.c1ccccc1. The average Bonchev–Trinajstić information content (AvgIpc) is 3.29. The molecule has 0 spiro atoms. The van der Waals surface area contributed by atoms with Gasteiger partial charge in [-0.25, -0.2) is 4.98 Å². The number of pyridine rings is 1. The highest BCUT2D eigenvalue weighted by atomic mass is 79.9. The van der Waals surface area contributed by atoms with Gasteiger partial charge in [0.25, 0.3) is 0 Å². The maximum atomic E-state index is 6.03. The molecule has 33 heavy (non-hydrogen) atoms. The standard InChI is InChI=1S/C20H22BrN5O.C6H6/c1-26-13-16(10-25-26)15-8-19-20(24-9-15)27-18(12-23-19)11-22-6-5-14-3-2-4-17(21)7-14;1-2-4-6-5-3-1/h2-4,7-10,13,18,22-23H,5-6,11-12H2,1H3;1-6H. The fourth-order valence-corrected chi connectivity index (χ4v) is 3.96. The summed E-state index contributed by atoms with van der Waals surface area (Å²) in [6.07, 6.45) is 6.71. The number of anilines is 1. The molecule has 0 saturated carbocycles. The van der Waals surface area contributed by atoms with E-state index in [9.17, 15) is 0 Å². The lowest BCUT2D eigenvalue weighted by Crippen LogP contribution is -2.40. The molecule has 7 heteroatoms. The second-order valence-corrected chi connectivity index (χ2v) is 8.75. The van der Waals surface area contributed by atoms with Crippen molar-refractivity contribution in [2.24, 2.45) is 7.05 Å². The summed E-state index contributed by atoms with van der Waals surface area (Å²) >= 11 is 3.51. The first-order valence-corrected chi connectivity index (χ1v) is 11.8. The molecular formula is C26H28BrN5O. The van der Waals surface area contributed by atoms with Crippen molar-refractivity contribution >= 4 is 21.6 Å². The fourth-order valence-electron chi connectivity index (χ4n) is 3.51. The minimum Gasteiger partial charge on any atom is -0.470 e. The van der Waals surface area contributed by atoms with Crippen LogP contribution in [0.15, 0.2) is 89.8 Å². The van der Waals surface area contributed by atoms with Gasteiger partial charge in [0.2, 0.25) is 5.88 Å². The molecular weight excluding hydrogens is 478 g/mol. The van der Waals surface area contributed by atoms with E-state index in [4.69, 9.17) is 4.74 Å². The van der Waals surface area contributed by atoms with E-state index in [2.05, 4.69) is 60.9 Å². The lowest BCUT2D eigenvalue weighted by atomic mass is 10.1. The third-order valence-electron chi connectivity index (χ3n) is 5.21. The number of aryl methyl sites for hydroxylation is 1. The molecule has 0 fully saturated rings. The predicted octanol–water partition coefficient (Wildman–Crippen LogP) is 4.94. The van der Waals surface area contributed by atoms with Crippen molar-refractivity contribution in [3.05, 3.63) is 95.4 Å². The molecule has 2 aromatic carbocycles. The van der Waals surface area contributed by atoms with Gasteiger partial charge in [0, 0.05) is 41.6 Å². The smallest absolute Gasteiger partial charge is 0.237 e. The summed E-state index contributed by atoms with van der Waals surface area (Å²) in [7, 11) is 1.91. The number of aromatic nitrogens is 3. The predicted molar refractivity (Wildman–Crippen MR) is 137 cm³/mol. The number of hydrogen-bond donors (Lipinski definition) is 2. The Labute approximate surface area is 203 Å². The number of fused-ring (bicyclic) bond motifs is 1. The average molecular weight is 506 g/mol. The van der Waals surface area contributed by atoms with E-state index in [1.807, 2.05) is 68.1 Å².